The van der Waals surface area contributed by atoms with Crippen LogP contribution in [-0.2, 0) is 11.2 Å². The normalized spacial score (nSPS) is 14.8. The summed E-state index contributed by atoms with van der Waals surface area (Å²) in [7, 11) is 0. The van der Waals surface area contributed by atoms with E-state index >= 15 is 0 Å². The molecule has 1 saturated heterocycles. The van der Waals surface area contributed by atoms with Crippen molar-refractivity contribution in [1.82, 2.24) is 14.7 Å². The molecule has 5 rings (SSSR count). The van der Waals surface area contributed by atoms with Crippen molar-refractivity contribution in [2.75, 3.05) is 6.54 Å². The molecule has 0 radical (unpaired) electrons. The Hall–Kier alpha value is -3.68. The van der Waals surface area contributed by atoms with E-state index in [1.165, 1.54) is 11.8 Å². The first kappa shape index (κ1) is 22.1. The number of carbonyl (C=O) groups excluding carboxylic acids is 1. The fourth-order valence-electron chi connectivity index (χ4n) is 3.76. The van der Waals surface area contributed by atoms with Gasteiger partial charge in [-0.2, -0.15) is 5.10 Å². The van der Waals surface area contributed by atoms with Gasteiger partial charge in [-0.05, 0) is 42.3 Å². The molecule has 1 aliphatic heterocycles. The fourth-order valence-corrected chi connectivity index (χ4v) is 5.06. The summed E-state index contributed by atoms with van der Waals surface area (Å²) in [4.78, 5) is 15.4. The number of phenolic OH excluding ortho intramolecular Hbond substituents is 1. The third-order valence-corrected chi connectivity index (χ3v) is 6.91. The molecule has 1 aromatic heterocycles. The molecule has 0 saturated carbocycles. The average Bonchev–Trinajstić information content (AvgIpc) is 3.40. The topological polar surface area (TPSA) is 58.4 Å². The van der Waals surface area contributed by atoms with Crippen molar-refractivity contribution in [2.45, 2.75) is 6.42 Å². The summed E-state index contributed by atoms with van der Waals surface area (Å²) in [6.07, 6.45) is 4.48. The summed E-state index contributed by atoms with van der Waals surface area (Å²) in [6, 6.07) is 26.8. The lowest BCUT2D eigenvalue weighted by Crippen LogP contribution is -2.30. The molecule has 1 fully saturated rings. The lowest BCUT2D eigenvalue weighted by molar-refractivity contribution is -0.122. The third-order valence-electron chi connectivity index (χ3n) is 5.53. The van der Waals surface area contributed by atoms with Crippen molar-refractivity contribution >= 4 is 40.3 Å². The maximum absolute atomic E-state index is 13.2. The zero-order valence-corrected chi connectivity index (χ0v) is 19.8. The number of phenols is 1. The summed E-state index contributed by atoms with van der Waals surface area (Å²) in [5.41, 5.74) is 4.62. The van der Waals surface area contributed by atoms with Gasteiger partial charge in [0.1, 0.15) is 10.1 Å². The van der Waals surface area contributed by atoms with E-state index in [4.69, 9.17) is 17.3 Å². The maximum Gasteiger partial charge on any atom is 0.266 e. The molecule has 7 heteroatoms. The number of para-hydroxylation sites is 1. The first-order chi connectivity index (χ1) is 16.6. The molecule has 0 unspecified atom stereocenters. The summed E-state index contributed by atoms with van der Waals surface area (Å²) in [6.45, 7) is 0.488. The molecule has 3 aromatic carbocycles. The summed E-state index contributed by atoms with van der Waals surface area (Å²) < 4.78 is 2.38. The summed E-state index contributed by atoms with van der Waals surface area (Å²) in [5, 5.41) is 14.3. The number of thioether (sulfide) groups is 1. The number of rotatable bonds is 6. The lowest BCUT2D eigenvalue weighted by atomic mass is 10.1. The number of carbonyl (C=O) groups is 1. The Labute approximate surface area is 207 Å². The van der Waals surface area contributed by atoms with E-state index < -0.39 is 0 Å². The molecular weight excluding hydrogens is 462 g/mol. The van der Waals surface area contributed by atoms with Crippen LogP contribution in [0.2, 0.25) is 0 Å². The number of hydrogen-bond acceptors (Lipinski definition) is 5. The van der Waals surface area contributed by atoms with Crippen molar-refractivity contribution in [2.24, 2.45) is 0 Å². The highest BCUT2D eigenvalue weighted by Crippen LogP contribution is 2.35. The van der Waals surface area contributed by atoms with E-state index in [-0.39, 0.29) is 11.7 Å². The number of aromatic nitrogens is 2. The second kappa shape index (κ2) is 9.67. The van der Waals surface area contributed by atoms with Crippen LogP contribution in [0.3, 0.4) is 0 Å². The van der Waals surface area contributed by atoms with E-state index in [2.05, 4.69) is 0 Å². The van der Waals surface area contributed by atoms with Crippen LogP contribution in [0.15, 0.2) is 96.0 Å². The molecular formula is C27H21N3O2S2. The highest BCUT2D eigenvalue weighted by atomic mass is 32.2. The first-order valence-electron chi connectivity index (χ1n) is 10.8. The van der Waals surface area contributed by atoms with E-state index in [1.54, 1.807) is 17.0 Å². The number of nitrogens with zero attached hydrogens (tertiary/aromatic N) is 3. The van der Waals surface area contributed by atoms with Crippen LogP contribution in [0.25, 0.3) is 23.0 Å². The Balaban J connectivity index is 1.44. The van der Waals surface area contributed by atoms with E-state index in [9.17, 15) is 9.90 Å². The summed E-state index contributed by atoms with van der Waals surface area (Å²) >= 11 is 6.84. The number of hydrogen-bond donors (Lipinski definition) is 1. The number of aromatic hydroxyl groups is 1. The minimum atomic E-state index is -0.0970. The highest BCUT2D eigenvalue weighted by Gasteiger charge is 2.32. The molecule has 2 heterocycles. The largest absolute Gasteiger partial charge is 0.508 e. The Kier molecular flexibility index (Phi) is 6.29. The number of benzene rings is 3. The molecule has 0 bridgehead atoms. The van der Waals surface area contributed by atoms with Crippen molar-refractivity contribution in [3.8, 4) is 22.7 Å². The van der Waals surface area contributed by atoms with Gasteiger partial charge < -0.3 is 5.11 Å². The van der Waals surface area contributed by atoms with Gasteiger partial charge in [-0.1, -0.05) is 84.6 Å². The molecule has 1 aliphatic rings. The standard InChI is InChI=1S/C27H21N3O2S2/c31-23-13-11-19(12-14-23)15-16-29-26(32)24(34-27(29)33)17-21-18-30(22-9-5-2-6-10-22)28-25(21)20-7-3-1-4-8-20/h1-14,17-18,31H,15-16H2/b24-17-. The Morgan fingerprint density at radius 1 is 0.941 bits per heavy atom. The Morgan fingerprint density at radius 3 is 2.32 bits per heavy atom. The Morgan fingerprint density at radius 2 is 1.62 bits per heavy atom. The van der Waals surface area contributed by atoms with Crippen molar-refractivity contribution in [3.05, 3.63) is 107 Å². The molecule has 168 valence electrons. The monoisotopic (exact) mass is 483 g/mol. The van der Waals surface area contributed by atoms with Gasteiger partial charge in [0.15, 0.2) is 0 Å². The van der Waals surface area contributed by atoms with Crippen LogP contribution in [0.4, 0.5) is 0 Å². The van der Waals surface area contributed by atoms with E-state index in [0.29, 0.717) is 22.2 Å². The molecule has 1 amide bonds. The van der Waals surface area contributed by atoms with Gasteiger partial charge in [0.25, 0.3) is 5.91 Å². The van der Waals surface area contributed by atoms with Gasteiger partial charge >= 0.3 is 0 Å². The summed E-state index contributed by atoms with van der Waals surface area (Å²) in [5.74, 6) is 0.128. The molecule has 5 nitrogen and oxygen atoms in total. The zero-order valence-electron chi connectivity index (χ0n) is 18.2. The van der Waals surface area contributed by atoms with Crippen LogP contribution in [-0.4, -0.2) is 36.6 Å². The van der Waals surface area contributed by atoms with Crippen LogP contribution in [0.5, 0.6) is 5.75 Å². The average molecular weight is 484 g/mol. The first-order valence-corrected chi connectivity index (χ1v) is 12.0. The third kappa shape index (κ3) is 4.66. The van der Waals surface area contributed by atoms with Crippen LogP contribution >= 0.6 is 24.0 Å². The van der Waals surface area contributed by atoms with Gasteiger partial charge in [-0.15, -0.1) is 0 Å². The van der Waals surface area contributed by atoms with Gasteiger partial charge in [-0.3, -0.25) is 9.69 Å². The minimum absolute atomic E-state index is 0.0970. The number of amides is 1. The van der Waals surface area contributed by atoms with Gasteiger partial charge in [0, 0.05) is 23.9 Å². The molecule has 0 aliphatic carbocycles. The van der Waals surface area contributed by atoms with Crippen molar-refractivity contribution in [3.63, 3.8) is 0 Å². The fraction of sp³-hybridized carbons (Fsp3) is 0.0741. The predicted octanol–water partition coefficient (Wildman–Crippen LogP) is 5.69. The quantitative estimate of drug-likeness (QED) is 0.282. The number of thiocarbonyl (C=S) groups is 1. The molecule has 0 atom stereocenters. The van der Waals surface area contributed by atoms with Gasteiger partial charge in [0.05, 0.1) is 16.3 Å². The van der Waals surface area contributed by atoms with Crippen molar-refractivity contribution in [1.29, 1.82) is 0 Å². The maximum atomic E-state index is 13.2. The van der Waals surface area contributed by atoms with E-state index in [0.717, 1.165) is 28.1 Å². The Bertz CT molecular complexity index is 1360. The predicted molar refractivity (Wildman–Crippen MR) is 141 cm³/mol. The second-order valence-corrected chi connectivity index (χ2v) is 9.50. The van der Waals surface area contributed by atoms with Gasteiger partial charge in [-0.25, -0.2) is 4.68 Å². The lowest BCUT2D eigenvalue weighted by Gasteiger charge is -2.14. The van der Waals surface area contributed by atoms with E-state index in [1.807, 2.05) is 89.8 Å². The van der Waals surface area contributed by atoms with Crippen LogP contribution in [0, 0.1) is 0 Å². The zero-order chi connectivity index (χ0) is 23.5. The van der Waals surface area contributed by atoms with Crippen LogP contribution < -0.4 is 0 Å². The van der Waals surface area contributed by atoms with Crippen molar-refractivity contribution < 1.29 is 9.90 Å². The molecule has 0 spiro atoms. The molecule has 1 N–H and O–H groups in total. The van der Waals surface area contributed by atoms with Gasteiger partial charge in [0.2, 0.25) is 0 Å². The minimum Gasteiger partial charge on any atom is -0.508 e. The second-order valence-electron chi connectivity index (χ2n) is 7.83. The highest BCUT2D eigenvalue weighted by molar-refractivity contribution is 8.26. The molecule has 34 heavy (non-hydrogen) atoms. The van der Waals surface area contributed by atoms with Crippen LogP contribution in [0.1, 0.15) is 11.1 Å². The molecule has 4 aromatic rings. The SMILES string of the molecule is O=C1/C(=C/c2cn(-c3ccccc3)nc2-c2ccccc2)SC(=S)N1CCc1ccc(O)cc1. The smallest absolute Gasteiger partial charge is 0.266 e.